The SMILES string of the molecule is C1=CC2Oc3ccc4oc5ccccc5n5c6cccc7c6[p+](c2c2c1oc1ccccc1n27)c3c45. The second kappa shape index (κ2) is 5.84. The molecule has 5 heterocycles. The largest absolute Gasteiger partial charge is 0.473 e. The molecule has 0 saturated carbocycles. The quantitative estimate of drug-likeness (QED) is 0.160. The van der Waals surface area contributed by atoms with E-state index >= 15 is 0 Å². The second-order valence-corrected chi connectivity index (χ2v) is 11.6. The Balaban J connectivity index is 1.67. The van der Waals surface area contributed by atoms with Crippen LogP contribution in [-0.4, -0.2) is 8.80 Å². The van der Waals surface area contributed by atoms with E-state index in [2.05, 4.69) is 75.6 Å². The van der Waals surface area contributed by atoms with Crippen molar-refractivity contribution in [1.82, 2.24) is 8.80 Å². The lowest BCUT2D eigenvalue weighted by Crippen LogP contribution is -2.14. The summed E-state index contributed by atoms with van der Waals surface area (Å²) in [6.07, 6.45) is 4.10. The fraction of sp³-hybridized carbons (Fsp3) is 0.0333. The maximum absolute atomic E-state index is 6.70. The Morgan fingerprint density at radius 2 is 1.31 bits per heavy atom. The normalized spacial score (nSPS) is 16.7. The number of aromatic nitrogens is 2. The number of hydrogen-bond acceptors (Lipinski definition) is 3. The summed E-state index contributed by atoms with van der Waals surface area (Å²) in [4.78, 5) is 0. The van der Waals surface area contributed by atoms with Crippen molar-refractivity contribution in [1.29, 1.82) is 0 Å². The third-order valence-electron chi connectivity index (χ3n) is 7.76. The molecule has 5 nitrogen and oxygen atoms in total. The summed E-state index contributed by atoms with van der Waals surface area (Å²) in [6, 6.07) is 27.4. The summed E-state index contributed by atoms with van der Waals surface area (Å²) < 4.78 is 24.4. The number of nitrogens with zero attached hydrogens (tertiary/aromatic N) is 2. The molecule has 0 bridgehead atoms. The molecular weight excluding hydrogens is 467 g/mol. The van der Waals surface area contributed by atoms with Gasteiger partial charge in [-0.2, -0.15) is 0 Å². The molecule has 0 amide bonds. The number of hydrogen-bond donors (Lipinski definition) is 0. The van der Waals surface area contributed by atoms with E-state index in [1.54, 1.807) is 0 Å². The summed E-state index contributed by atoms with van der Waals surface area (Å²) in [5, 5.41) is 3.91. The average Bonchev–Trinajstić information content (AvgIpc) is 2.93. The predicted molar refractivity (Wildman–Crippen MR) is 144 cm³/mol. The molecule has 8 aromatic rings. The summed E-state index contributed by atoms with van der Waals surface area (Å²) in [7, 11) is -0.843. The molecule has 0 fully saturated rings. The van der Waals surface area contributed by atoms with Crippen molar-refractivity contribution in [2.24, 2.45) is 0 Å². The molecule has 0 spiro atoms. The highest BCUT2D eigenvalue weighted by Gasteiger charge is 2.42. The molecule has 2 unspecified atom stereocenters. The Labute approximate surface area is 203 Å². The summed E-state index contributed by atoms with van der Waals surface area (Å²) in [5.74, 6) is 1.83. The highest BCUT2D eigenvalue weighted by molar-refractivity contribution is 7.59. The fourth-order valence-corrected chi connectivity index (χ4v) is 9.52. The molecule has 6 heteroatoms. The average molecular weight is 483 g/mol. The van der Waals surface area contributed by atoms with Crippen molar-refractivity contribution in [3.8, 4) is 5.75 Å². The molecule has 2 atom stereocenters. The molecule has 168 valence electrons. The molecule has 10 rings (SSSR count). The lowest BCUT2D eigenvalue weighted by Gasteiger charge is -2.26. The van der Waals surface area contributed by atoms with Gasteiger partial charge >= 0.3 is 0 Å². The van der Waals surface area contributed by atoms with Gasteiger partial charge in [-0.1, -0.05) is 30.3 Å². The summed E-state index contributed by atoms with van der Waals surface area (Å²) >= 11 is 0. The fourth-order valence-electron chi connectivity index (χ4n) is 6.43. The first-order chi connectivity index (χ1) is 17.9. The minimum Gasteiger partial charge on any atom is -0.473 e. The van der Waals surface area contributed by atoms with Gasteiger partial charge in [-0.15, -0.1) is 0 Å². The minimum absolute atomic E-state index is 0.124. The van der Waals surface area contributed by atoms with E-state index < -0.39 is 7.34 Å². The van der Waals surface area contributed by atoms with Crippen molar-refractivity contribution in [3.05, 3.63) is 96.0 Å². The van der Waals surface area contributed by atoms with Crippen LogP contribution in [0.15, 0.2) is 93.8 Å². The summed E-state index contributed by atoms with van der Waals surface area (Å²) in [5.41, 5.74) is 9.40. The Hall–Kier alpha value is -4.47. The van der Waals surface area contributed by atoms with Crippen LogP contribution in [0.3, 0.4) is 0 Å². The van der Waals surface area contributed by atoms with Gasteiger partial charge in [0.1, 0.15) is 11.0 Å². The van der Waals surface area contributed by atoms with E-state index in [1.165, 1.54) is 26.6 Å². The summed E-state index contributed by atoms with van der Waals surface area (Å²) in [6.45, 7) is 0. The number of benzene rings is 4. The zero-order valence-corrected chi connectivity index (χ0v) is 19.7. The molecule has 1 aliphatic heterocycles. The first kappa shape index (κ1) is 17.9. The Kier molecular flexibility index (Phi) is 2.90. The van der Waals surface area contributed by atoms with Crippen molar-refractivity contribution < 1.29 is 13.6 Å². The Morgan fingerprint density at radius 1 is 0.611 bits per heavy atom. The number of ether oxygens (including phenoxy) is 1. The van der Waals surface area contributed by atoms with E-state index in [0.717, 1.165) is 50.3 Å². The van der Waals surface area contributed by atoms with E-state index in [9.17, 15) is 0 Å². The van der Waals surface area contributed by atoms with Crippen LogP contribution in [0.4, 0.5) is 0 Å². The van der Waals surface area contributed by atoms with Gasteiger partial charge in [0.2, 0.25) is 15.5 Å². The van der Waals surface area contributed by atoms with Gasteiger partial charge < -0.3 is 13.6 Å². The number of fused-ring (bicyclic) bond motifs is 6. The van der Waals surface area contributed by atoms with Crippen molar-refractivity contribution in [3.63, 3.8) is 0 Å². The molecular formula is C30H16N2O3P+. The van der Waals surface area contributed by atoms with E-state index in [0.29, 0.717) is 0 Å². The van der Waals surface area contributed by atoms with Gasteiger partial charge in [-0.3, -0.25) is 8.80 Å². The molecule has 36 heavy (non-hydrogen) atoms. The van der Waals surface area contributed by atoms with Gasteiger partial charge in [-0.05, 0) is 60.7 Å². The van der Waals surface area contributed by atoms with Crippen LogP contribution in [0.25, 0.3) is 66.2 Å². The van der Waals surface area contributed by atoms with Crippen LogP contribution in [0.2, 0.25) is 0 Å². The lowest BCUT2D eigenvalue weighted by atomic mass is 10.1. The third kappa shape index (κ3) is 1.86. The smallest absolute Gasteiger partial charge is 0.224 e. The predicted octanol–water partition coefficient (Wildman–Crippen LogP) is 8.73. The van der Waals surface area contributed by atoms with Crippen molar-refractivity contribution >= 4 is 73.5 Å². The molecule has 0 N–H and O–H groups in total. The standard InChI is InChI=1S/C30H16N2O3P/c1-3-10-20-16(6-1)31-18-8-5-9-19-28(18)36-29-24(14-12-22(33-20)26(29)31)35-25-15-13-23-27(30(25)36)32(19)17-7-2-4-11-21(17)34-23/h1-15,24H/q+1. The first-order valence-corrected chi connectivity index (χ1v) is 13.4. The number of para-hydroxylation sites is 4. The van der Waals surface area contributed by atoms with E-state index in [1.807, 2.05) is 24.3 Å². The molecule has 2 aliphatic rings. The van der Waals surface area contributed by atoms with Crippen molar-refractivity contribution in [2.75, 3.05) is 0 Å². The topological polar surface area (TPSA) is 44.3 Å². The van der Waals surface area contributed by atoms with Gasteiger partial charge in [0.05, 0.1) is 22.1 Å². The molecule has 4 aromatic heterocycles. The second-order valence-electron chi connectivity index (χ2n) is 9.55. The first-order valence-electron chi connectivity index (χ1n) is 12.1. The highest BCUT2D eigenvalue weighted by Crippen LogP contribution is 2.60. The maximum Gasteiger partial charge on any atom is 0.224 e. The van der Waals surface area contributed by atoms with Crippen LogP contribution >= 0.6 is 7.34 Å². The molecule has 4 aromatic carbocycles. The van der Waals surface area contributed by atoms with Gasteiger partial charge in [0.25, 0.3) is 0 Å². The van der Waals surface area contributed by atoms with Gasteiger partial charge in [-0.25, -0.2) is 0 Å². The van der Waals surface area contributed by atoms with E-state index in [4.69, 9.17) is 13.6 Å². The monoisotopic (exact) mass is 483 g/mol. The van der Waals surface area contributed by atoms with Crippen LogP contribution in [-0.2, 0) is 0 Å². The van der Waals surface area contributed by atoms with Crippen LogP contribution < -0.4 is 4.74 Å². The van der Waals surface area contributed by atoms with Crippen LogP contribution in [0, 0.1) is 0 Å². The zero-order valence-electron chi connectivity index (χ0n) is 18.8. The lowest BCUT2D eigenvalue weighted by molar-refractivity contribution is 0.261. The van der Waals surface area contributed by atoms with Gasteiger partial charge in [0.15, 0.2) is 41.7 Å². The van der Waals surface area contributed by atoms with Crippen LogP contribution in [0.5, 0.6) is 5.75 Å². The Bertz CT molecular complexity index is 2360. The van der Waals surface area contributed by atoms with Crippen molar-refractivity contribution in [2.45, 2.75) is 6.10 Å². The molecule has 0 radical (unpaired) electrons. The Morgan fingerprint density at radius 3 is 2.11 bits per heavy atom. The third-order valence-corrected chi connectivity index (χ3v) is 10.5. The minimum atomic E-state index is -0.843. The van der Waals surface area contributed by atoms with Crippen LogP contribution in [0.1, 0.15) is 17.2 Å². The molecule has 0 saturated heterocycles. The molecule has 1 aliphatic carbocycles. The zero-order chi connectivity index (χ0) is 23.1. The van der Waals surface area contributed by atoms with Gasteiger partial charge in [0, 0.05) is 0 Å². The highest BCUT2D eigenvalue weighted by atomic mass is 31.1. The van der Waals surface area contributed by atoms with E-state index in [-0.39, 0.29) is 6.10 Å². The maximum atomic E-state index is 6.70. The number of rotatable bonds is 0.